The van der Waals surface area contributed by atoms with Crippen molar-refractivity contribution in [2.24, 2.45) is 0 Å². The fraction of sp³-hybridized carbons (Fsp3) is 0.435. The lowest BCUT2D eigenvalue weighted by Gasteiger charge is -2.32. The number of hydrogen-bond acceptors (Lipinski definition) is 7. The zero-order chi connectivity index (χ0) is 21.6. The number of aryl methyl sites for hydroxylation is 1. The molecule has 4 rings (SSSR count). The molecule has 0 aromatic carbocycles. The number of anilines is 1. The zero-order valence-electron chi connectivity index (χ0n) is 18.0. The number of nitrogens with zero attached hydrogens (tertiary/aromatic N) is 3. The number of aromatic nitrogens is 2. The predicted molar refractivity (Wildman–Crippen MR) is 120 cm³/mol. The van der Waals surface area contributed by atoms with Gasteiger partial charge in [-0.05, 0) is 44.0 Å². The first kappa shape index (κ1) is 21.5. The highest BCUT2D eigenvalue weighted by Gasteiger charge is 2.20. The van der Waals surface area contributed by atoms with Crippen molar-refractivity contribution < 1.29 is 13.6 Å². The van der Waals surface area contributed by atoms with Crippen molar-refractivity contribution in [3.05, 3.63) is 59.6 Å². The maximum absolute atomic E-state index is 12.3. The van der Waals surface area contributed by atoms with Crippen LogP contribution in [0, 0.1) is 6.92 Å². The Labute approximate surface area is 186 Å². The number of carbonyl (C=O) groups excluding carboxylic acids is 1. The molecule has 1 fully saturated rings. The third-order valence-corrected chi connectivity index (χ3v) is 6.41. The molecule has 0 spiro atoms. The maximum Gasteiger partial charge on any atom is 0.287 e. The van der Waals surface area contributed by atoms with Crippen LogP contribution in [0.4, 0.5) is 5.82 Å². The second kappa shape index (κ2) is 10.0. The highest BCUT2D eigenvalue weighted by atomic mass is 32.2. The molecule has 8 heteroatoms. The van der Waals surface area contributed by atoms with Gasteiger partial charge in [0.1, 0.15) is 17.3 Å². The van der Waals surface area contributed by atoms with Gasteiger partial charge in [-0.2, -0.15) is 0 Å². The Hall–Kier alpha value is -2.74. The minimum absolute atomic E-state index is 0.268. The number of amides is 1. The first-order chi connectivity index (χ1) is 15.1. The van der Waals surface area contributed by atoms with E-state index in [1.165, 1.54) is 43.9 Å². The summed E-state index contributed by atoms with van der Waals surface area (Å²) in [4.78, 5) is 23.9. The van der Waals surface area contributed by atoms with Gasteiger partial charge in [-0.15, -0.1) is 0 Å². The van der Waals surface area contributed by atoms with E-state index in [2.05, 4.69) is 22.2 Å². The summed E-state index contributed by atoms with van der Waals surface area (Å²) in [5.41, 5.74) is 0.951. The third kappa shape index (κ3) is 5.70. The Kier molecular flexibility index (Phi) is 6.96. The summed E-state index contributed by atoms with van der Waals surface area (Å²) in [6, 6.07) is 9.70. The Bertz CT molecular complexity index is 996. The normalized spacial score (nSPS) is 14.5. The molecular weight excluding hydrogens is 412 g/mol. The highest BCUT2D eigenvalue weighted by molar-refractivity contribution is 7.98. The maximum atomic E-state index is 12.3. The van der Waals surface area contributed by atoms with Gasteiger partial charge in [0.2, 0.25) is 0 Å². The Morgan fingerprint density at radius 3 is 2.81 bits per heavy atom. The van der Waals surface area contributed by atoms with Crippen LogP contribution in [0.5, 0.6) is 0 Å². The fourth-order valence-electron chi connectivity index (χ4n) is 3.81. The van der Waals surface area contributed by atoms with E-state index < -0.39 is 0 Å². The van der Waals surface area contributed by atoms with E-state index >= 15 is 0 Å². The van der Waals surface area contributed by atoms with Gasteiger partial charge < -0.3 is 19.1 Å². The second-order valence-corrected chi connectivity index (χ2v) is 8.81. The largest absolute Gasteiger partial charge is 0.467 e. The van der Waals surface area contributed by atoms with Gasteiger partial charge in [-0.25, -0.2) is 9.97 Å². The van der Waals surface area contributed by atoms with Crippen molar-refractivity contribution >= 4 is 23.5 Å². The summed E-state index contributed by atoms with van der Waals surface area (Å²) in [5, 5.41) is 3.50. The number of thioether (sulfide) groups is 1. The molecule has 7 nitrogen and oxygen atoms in total. The molecule has 31 heavy (non-hydrogen) atoms. The van der Waals surface area contributed by atoms with E-state index in [1.54, 1.807) is 18.4 Å². The van der Waals surface area contributed by atoms with Gasteiger partial charge in [-0.3, -0.25) is 4.79 Å². The molecule has 1 saturated carbocycles. The third-order valence-electron chi connectivity index (χ3n) is 5.54. The molecule has 1 amide bonds. The van der Waals surface area contributed by atoms with Crippen molar-refractivity contribution in [1.29, 1.82) is 0 Å². The van der Waals surface area contributed by atoms with Crippen LogP contribution in [0.2, 0.25) is 0 Å². The SMILES string of the molecule is Cc1cc(N(C)C2CCCCC2)nc(SCc2ccc(C(=O)NCc3ccco3)o2)n1. The summed E-state index contributed by atoms with van der Waals surface area (Å²) >= 11 is 1.51. The van der Waals surface area contributed by atoms with E-state index in [1.807, 2.05) is 25.1 Å². The quantitative estimate of drug-likeness (QED) is 0.391. The topological polar surface area (TPSA) is 84.4 Å². The molecule has 1 aliphatic carbocycles. The lowest BCUT2D eigenvalue weighted by molar-refractivity contribution is 0.0919. The zero-order valence-corrected chi connectivity index (χ0v) is 18.8. The van der Waals surface area contributed by atoms with Gasteiger partial charge in [-0.1, -0.05) is 31.0 Å². The number of nitrogens with one attached hydrogen (secondary N) is 1. The van der Waals surface area contributed by atoms with E-state index in [-0.39, 0.29) is 11.7 Å². The van der Waals surface area contributed by atoms with E-state index in [9.17, 15) is 4.79 Å². The Balaban J connectivity index is 1.34. The molecule has 0 radical (unpaired) electrons. The van der Waals surface area contributed by atoms with E-state index in [4.69, 9.17) is 13.8 Å². The van der Waals surface area contributed by atoms with E-state index in [0.29, 0.717) is 29.9 Å². The highest BCUT2D eigenvalue weighted by Crippen LogP contribution is 2.28. The van der Waals surface area contributed by atoms with Crippen LogP contribution in [0.25, 0.3) is 0 Å². The van der Waals surface area contributed by atoms with Crippen LogP contribution in [0.15, 0.2) is 50.6 Å². The van der Waals surface area contributed by atoms with Crippen molar-refractivity contribution in [3.8, 4) is 0 Å². The fourth-order valence-corrected chi connectivity index (χ4v) is 4.60. The minimum Gasteiger partial charge on any atom is -0.467 e. The average molecular weight is 441 g/mol. The van der Waals surface area contributed by atoms with Crippen molar-refractivity contribution in [2.45, 2.75) is 62.5 Å². The Morgan fingerprint density at radius 1 is 1.19 bits per heavy atom. The van der Waals surface area contributed by atoms with Gasteiger partial charge in [0.05, 0.1) is 18.6 Å². The molecule has 3 aromatic rings. The van der Waals surface area contributed by atoms with Gasteiger partial charge in [0.15, 0.2) is 10.9 Å². The number of carbonyl (C=O) groups is 1. The second-order valence-electron chi connectivity index (χ2n) is 7.87. The van der Waals surface area contributed by atoms with Crippen molar-refractivity contribution in [3.63, 3.8) is 0 Å². The number of hydrogen-bond donors (Lipinski definition) is 1. The van der Waals surface area contributed by atoms with Crippen molar-refractivity contribution in [1.82, 2.24) is 15.3 Å². The molecule has 0 atom stereocenters. The lowest BCUT2D eigenvalue weighted by Crippen LogP contribution is -2.34. The molecule has 0 aliphatic heterocycles. The molecule has 1 N–H and O–H groups in total. The van der Waals surface area contributed by atoms with Crippen LogP contribution in [0.1, 0.15) is 59.9 Å². The van der Waals surface area contributed by atoms with Gasteiger partial charge in [0.25, 0.3) is 5.91 Å². The summed E-state index contributed by atoms with van der Waals surface area (Å²) in [7, 11) is 2.13. The van der Waals surface area contributed by atoms with Crippen molar-refractivity contribution in [2.75, 3.05) is 11.9 Å². The number of rotatable bonds is 8. The molecule has 0 bridgehead atoms. The van der Waals surface area contributed by atoms with Crippen LogP contribution in [0.3, 0.4) is 0 Å². The van der Waals surface area contributed by atoms with E-state index in [0.717, 1.165) is 16.7 Å². The molecule has 0 unspecified atom stereocenters. The van der Waals surface area contributed by atoms with Crippen LogP contribution < -0.4 is 10.2 Å². The Morgan fingerprint density at radius 2 is 2.03 bits per heavy atom. The summed E-state index contributed by atoms with van der Waals surface area (Å²) in [5.74, 6) is 2.95. The number of furan rings is 2. The molecule has 3 heterocycles. The summed E-state index contributed by atoms with van der Waals surface area (Å²) in [6.45, 7) is 2.32. The lowest BCUT2D eigenvalue weighted by atomic mass is 9.94. The summed E-state index contributed by atoms with van der Waals surface area (Å²) < 4.78 is 10.9. The van der Waals surface area contributed by atoms with Crippen LogP contribution >= 0.6 is 11.8 Å². The molecule has 0 saturated heterocycles. The molecule has 164 valence electrons. The first-order valence-corrected chi connectivity index (χ1v) is 11.7. The summed E-state index contributed by atoms with van der Waals surface area (Å²) in [6.07, 6.45) is 7.93. The van der Waals surface area contributed by atoms with Gasteiger partial charge >= 0.3 is 0 Å². The monoisotopic (exact) mass is 440 g/mol. The minimum atomic E-state index is -0.268. The molecular formula is C23H28N4O3S. The molecule has 3 aromatic heterocycles. The average Bonchev–Trinajstić information content (AvgIpc) is 3.48. The van der Waals surface area contributed by atoms with Crippen LogP contribution in [-0.4, -0.2) is 29.0 Å². The smallest absolute Gasteiger partial charge is 0.287 e. The van der Waals surface area contributed by atoms with Crippen LogP contribution in [-0.2, 0) is 12.3 Å². The van der Waals surface area contributed by atoms with Gasteiger partial charge in [0, 0.05) is 24.8 Å². The standard InChI is InChI=1S/C23H28N4O3S/c1-16-13-21(27(2)17-7-4-3-5-8-17)26-23(25-16)31-15-19-10-11-20(30-19)22(28)24-14-18-9-6-12-29-18/h6,9-13,17H,3-5,7-8,14-15H2,1-2H3,(H,24,28). The first-order valence-electron chi connectivity index (χ1n) is 10.7. The predicted octanol–water partition coefficient (Wildman–Crippen LogP) is 4.96. The molecule has 1 aliphatic rings.